The first-order valence-electron chi connectivity index (χ1n) is 9.94. The van der Waals surface area contributed by atoms with Crippen molar-refractivity contribution in [1.82, 2.24) is 34.5 Å². The van der Waals surface area contributed by atoms with E-state index in [1.807, 2.05) is 14.1 Å². The Hall–Kier alpha value is -2.33. The van der Waals surface area contributed by atoms with Gasteiger partial charge in [-0.05, 0) is 39.9 Å². The van der Waals surface area contributed by atoms with Gasteiger partial charge in [0, 0.05) is 32.7 Å². The van der Waals surface area contributed by atoms with Crippen molar-refractivity contribution in [2.75, 3.05) is 45.6 Å². The van der Waals surface area contributed by atoms with Gasteiger partial charge in [-0.1, -0.05) is 12.8 Å². The highest BCUT2D eigenvalue weighted by Crippen LogP contribution is 2.29. The van der Waals surface area contributed by atoms with Crippen LogP contribution >= 0.6 is 0 Å². The molecule has 1 fully saturated rings. The summed E-state index contributed by atoms with van der Waals surface area (Å²) in [7, 11) is 5.58. The van der Waals surface area contributed by atoms with Gasteiger partial charge in [-0.3, -0.25) is 13.9 Å². The van der Waals surface area contributed by atoms with Crippen LogP contribution in [0, 0.1) is 0 Å². The summed E-state index contributed by atoms with van der Waals surface area (Å²) in [6, 6.07) is 0.0601. The lowest BCUT2D eigenvalue weighted by Gasteiger charge is -2.16. The number of aromatic nitrogens is 5. The third-order valence-electron chi connectivity index (χ3n) is 5.14. The third kappa shape index (κ3) is 4.56. The summed E-state index contributed by atoms with van der Waals surface area (Å²) in [6.45, 7) is 3.49. The first kappa shape index (κ1) is 20.4. The Balaban J connectivity index is 1.71. The summed E-state index contributed by atoms with van der Waals surface area (Å²) in [6.07, 6.45) is 4.87. The second-order valence-electron chi connectivity index (χ2n) is 7.60. The molecule has 0 unspecified atom stereocenters. The van der Waals surface area contributed by atoms with Crippen LogP contribution in [0.3, 0.4) is 0 Å². The van der Waals surface area contributed by atoms with E-state index < -0.39 is 5.56 Å². The van der Waals surface area contributed by atoms with E-state index in [0.29, 0.717) is 12.5 Å². The van der Waals surface area contributed by atoms with Crippen LogP contribution in [0.5, 0.6) is 0 Å². The lowest BCUT2D eigenvalue weighted by molar-refractivity contribution is 0.400. The normalized spacial score (nSPS) is 15.0. The average molecular weight is 390 g/mol. The summed E-state index contributed by atoms with van der Waals surface area (Å²) >= 11 is 0. The molecule has 0 aromatic carbocycles. The molecule has 0 aliphatic heterocycles. The Kier molecular flexibility index (Phi) is 6.74. The van der Waals surface area contributed by atoms with Gasteiger partial charge >= 0.3 is 5.69 Å². The zero-order valence-electron chi connectivity index (χ0n) is 16.9. The average Bonchev–Trinajstić information content (AvgIpc) is 3.20. The van der Waals surface area contributed by atoms with Crippen LogP contribution in [0.25, 0.3) is 11.2 Å². The standard InChI is InChI=1S/C18H30N8O2/c1-24(2)12-11-19-9-6-10-20-17-21-14-15(22-23-17)26(13-7-4-5-8-13)18(28)25(3)16(14)27/h13,19H,4-12H2,1-3H3,(H,20,21,23). The van der Waals surface area contributed by atoms with Crippen molar-refractivity contribution in [3.8, 4) is 0 Å². The van der Waals surface area contributed by atoms with E-state index in [0.717, 1.165) is 56.3 Å². The maximum absolute atomic E-state index is 12.6. The van der Waals surface area contributed by atoms with Crippen LogP contribution in [-0.4, -0.2) is 69.5 Å². The van der Waals surface area contributed by atoms with E-state index in [9.17, 15) is 9.59 Å². The van der Waals surface area contributed by atoms with Crippen molar-refractivity contribution in [3.05, 3.63) is 20.8 Å². The van der Waals surface area contributed by atoms with Gasteiger partial charge in [-0.15, -0.1) is 10.2 Å². The quantitative estimate of drug-likeness (QED) is 0.574. The van der Waals surface area contributed by atoms with Crippen LogP contribution in [-0.2, 0) is 7.05 Å². The van der Waals surface area contributed by atoms with Crippen LogP contribution < -0.4 is 21.9 Å². The molecule has 0 radical (unpaired) electrons. The van der Waals surface area contributed by atoms with Crippen molar-refractivity contribution < 1.29 is 0 Å². The summed E-state index contributed by atoms with van der Waals surface area (Å²) < 4.78 is 2.72. The highest BCUT2D eigenvalue weighted by molar-refractivity contribution is 5.69. The van der Waals surface area contributed by atoms with Crippen LogP contribution in [0.4, 0.5) is 5.95 Å². The SMILES string of the molecule is CN(C)CCNCCCNc1nnc2c(n1)c(=O)n(C)c(=O)n2C1CCCC1. The number of hydrogen-bond acceptors (Lipinski definition) is 8. The van der Waals surface area contributed by atoms with Gasteiger partial charge in [0.1, 0.15) is 0 Å². The van der Waals surface area contributed by atoms with Crippen molar-refractivity contribution >= 4 is 17.1 Å². The zero-order chi connectivity index (χ0) is 20.1. The Morgan fingerprint density at radius 3 is 2.57 bits per heavy atom. The fraction of sp³-hybridized carbons (Fsp3) is 0.722. The molecule has 10 nitrogen and oxygen atoms in total. The minimum atomic E-state index is -0.433. The van der Waals surface area contributed by atoms with E-state index in [4.69, 9.17) is 0 Å². The molecule has 2 heterocycles. The van der Waals surface area contributed by atoms with Gasteiger partial charge in [0.25, 0.3) is 5.56 Å². The summed E-state index contributed by atoms with van der Waals surface area (Å²) in [5, 5.41) is 14.8. The van der Waals surface area contributed by atoms with Crippen LogP contribution in [0.2, 0.25) is 0 Å². The number of fused-ring (bicyclic) bond motifs is 1. The third-order valence-corrected chi connectivity index (χ3v) is 5.14. The maximum Gasteiger partial charge on any atom is 0.332 e. The fourth-order valence-electron chi connectivity index (χ4n) is 3.53. The molecule has 28 heavy (non-hydrogen) atoms. The molecule has 0 bridgehead atoms. The van der Waals surface area contributed by atoms with Gasteiger partial charge in [-0.25, -0.2) is 9.78 Å². The molecule has 154 valence electrons. The molecule has 2 aromatic heterocycles. The Labute approximate surface area is 164 Å². The first-order valence-corrected chi connectivity index (χ1v) is 9.94. The summed E-state index contributed by atoms with van der Waals surface area (Å²) in [5.41, 5.74) is -0.297. The van der Waals surface area contributed by atoms with Gasteiger partial charge in [-0.2, -0.15) is 0 Å². The van der Waals surface area contributed by atoms with E-state index in [1.165, 1.54) is 7.05 Å². The molecule has 0 amide bonds. The molecule has 1 saturated carbocycles. The van der Waals surface area contributed by atoms with Gasteiger partial charge < -0.3 is 15.5 Å². The summed E-state index contributed by atoms with van der Waals surface area (Å²) in [5.74, 6) is 0.314. The fourth-order valence-corrected chi connectivity index (χ4v) is 3.53. The minimum Gasteiger partial charge on any atom is -0.353 e. The highest BCUT2D eigenvalue weighted by atomic mass is 16.2. The lowest BCUT2D eigenvalue weighted by atomic mass is 10.2. The number of rotatable bonds is 9. The van der Waals surface area contributed by atoms with Gasteiger partial charge in [0.15, 0.2) is 11.2 Å². The van der Waals surface area contributed by atoms with Crippen LogP contribution in [0.15, 0.2) is 9.59 Å². The van der Waals surface area contributed by atoms with Crippen LogP contribution in [0.1, 0.15) is 38.1 Å². The predicted octanol–water partition coefficient (Wildman–Crippen LogP) is -0.0465. The Morgan fingerprint density at radius 2 is 1.86 bits per heavy atom. The largest absolute Gasteiger partial charge is 0.353 e. The molecule has 1 aliphatic rings. The monoisotopic (exact) mass is 390 g/mol. The van der Waals surface area contributed by atoms with E-state index in [1.54, 1.807) is 4.57 Å². The molecule has 0 spiro atoms. The molecule has 3 rings (SSSR count). The molecule has 10 heteroatoms. The van der Waals surface area contributed by atoms with E-state index in [-0.39, 0.29) is 22.9 Å². The van der Waals surface area contributed by atoms with Gasteiger partial charge in [0.05, 0.1) is 0 Å². The zero-order valence-corrected chi connectivity index (χ0v) is 16.9. The molecule has 0 saturated heterocycles. The molecular formula is C18H30N8O2. The number of anilines is 1. The lowest BCUT2D eigenvalue weighted by Crippen LogP contribution is -2.40. The molecule has 2 N–H and O–H groups in total. The van der Waals surface area contributed by atoms with E-state index >= 15 is 0 Å². The molecule has 1 aliphatic carbocycles. The predicted molar refractivity (Wildman–Crippen MR) is 109 cm³/mol. The van der Waals surface area contributed by atoms with E-state index in [2.05, 4.69) is 30.7 Å². The number of hydrogen-bond donors (Lipinski definition) is 2. The molecule has 2 aromatic rings. The van der Waals surface area contributed by atoms with Crippen molar-refractivity contribution in [2.24, 2.45) is 7.05 Å². The topological polar surface area (TPSA) is 110 Å². The second-order valence-corrected chi connectivity index (χ2v) is 7.60. The minimum absolute atomic E-state index is 0.0601. The number of nitrogens with zero attached hydrogens (tertiary/aromatic N) is 6. The maximum atomic E-state index is 12.6. The number of likely N-dealkylation sites (N-methyl/N-ethyl adjacent to an activating group) is 1. The van der Waals surface area contributed by atoms with Gasteiger partial charge in [0.2, 0.25) is 5.95 Å². The number of nitrogens with one attached hydrogen (secondary N) is 2. The smallest absolute Gasteiger partial charge is 0.332 e. The Morgan fingerprint density at radius 1 is 1.11 bits per heavy atom. The van der Waals surface area contributed by atoms with Crippen molar-refractivity contribution in [1.29, 1.82) is 0 Å². The first-order chi connectivity index (χ1) is 13.5. The second kappa shape index (κ2) is 9.24. The van der Waals surface area contributed by atoms with Crippen molar-refractivity contribution in [3.63, 3.8) is 0 Å². The Bertz CT molecular complexity index is 914. The van der Waals surface area contributed by atoms with Crippen molar-refractivity contribution in [2.45, 2.75) is 38.1 Å². The summed E-state index contributed by atoms with van der Waals surface area (Å²) in [4.78, 5) is 31.7. The molecular weight excluding hydrogens is 360 g/mol. The molecule has 0 atom stereocenters. The highest BCUT2D eigenvalue weighted by Gasteiger charge is 2.24.